The van der Waals surface area contributed by atoms with Crippen molar-refractivity contribution in [2.45, 2.75) is 26.3 Å². The zero-order chi connectivity index (χ0) is 23.2. The van der Waals surface area contributed by atoms with E-state index in [0.29, 0.717) is 28.8 Å². The molecule has 2 amide bonds. The summed E-state index contributed by atoms with van der Waals surface area (Å²) in [5, 5.41) is 3.88. The van der Waals surface area contributed by atoms with Gasteiger partial charge in [-0.25, -0.2) is 4.79 Å². The van der Waals surface area contributed by atoms with Gasteiger partial charge in [-0.05, 0) is 55.2 Å². The third-order valence-corrected chi connectivity index (χ3v) is 7.10. The second-order valence-corrected chi connectivity index (χ2v) is 9.40. The van der Waals surface area contributed by atoms with Crippen LogP contribution >= 0.6 is 23.2 Å². The van der Waals surface area contributed by atoms with E-state index in [1.165, 1.54) is 17.7 Å². The molecule has 2 aliphatic heterocycles. The predicted octanol–water partition coefficient (Wildman–Crippen LogP) is 5.13. The number of nitrogens with one attached hydrogen (secondary N) is 1. The molecule has 0 unspecified atom stereocenters. The number of ether oxygens (including phenoxy) is 1. The van der Waals surface area contributed by atoms with Crippen molar-refractivity contribution in [2.24, 2.45) is 0 Å². The van der Waals surface area contributed by atoms with Gasteiger partial charge in [0.25, 0.3) is 0 Å². The van der Waals surface area contributed by atoms with Crippen molar-refractivity contribution in [3.63, 3.8) is 0 Å². The third-order valence-electron chi connectivity index (χ3n) is 6.36. The summed E-state index contributed by atoms with van der Waals surface area (Å²) < 4.78 is 5.46. The molecule has 0 atom stereocenters. The van der Waals surface area contributed by atoms with Crippen molar-refractivity contribution in [1.29, 1.82) is 0 Å². The molecule has 0 radical (unpaired) electrons. The summed E-state index contributed by atoms with van der Waals surface area (Å²) in [4.78, 5) is 19.9. The van der Waals surface area contributed by atoms with Gasteiger partial charge in [-0.15, -0.1) is 0 Å². The molecular weight excluding hydrogens is 459 g/mol. The number of benzene rings is 2. The summed E-state index contributed by atoms with van der Waals surface area (Å²) in [5.41, 5.74) is 4.49. The van der Waals surface area contributed by atoms with Gasteiger partial charge in [-0.1, -0.05) is 35.3 Å². The van der Waals surface area contributed by atoms with E-state index in [-0.39, 0.29) is 6.03 Å². The highest BCUT2D eigenvalue weighted by Gasteiger charge is 2.20. The van der Waals surface area contributed by atoms with Gasteiger partial charge in [0.05, 0.1) is 23.3 Å². The summed E-state index contributed by atoms with van der Waals surface area (Å²) in [6.45, 7) is 9.60. The lowest BCUT2D eigenvalue weighted by Gasteiger charge is -2.32. The quantitative estimate of drug-likeness (QED) is 0.584. The summed E-state index contributed by atoms with van der Waals surface area (Å²) in [5.74, 6) is 0. The fourth-order valence-electron chi connectivity index (χ4n) is 4.49. The fraction of sp³-hybridized carbons (Fsp3) is 0.480. The Kier molecular flexibility index (Phi) is 8.36. The van der Waals surface area contributed by atoms with E-state index in [2.05, 4.69) is 40.2 Å². The van der Waals surface area contributed by atoms with E-state index >= 15 is 0 Å². The minimum absolute atomic E-state index is 0.144. The van der Waals surface area contributed by atoms with Crippen LogP contribution in [0.25, 0.3) is 0 Å². The molecule has 0 spiro atoms. The highest BCUT2D eigenvalue weighted by Crippen LogP contribution is 2.29. The number of amides is 2. The number of fused-ring (bicyclic) bond motifs is 1. The molecule has 178 valence electrons. The lowest BCUT2D eigenvalue weighted by Crippen LogP contribution is -2.44. The smallest absolute Gasteiger partial charge is 0.322 e. The minimum Gasteiger partial charge on any atom is -0.379 e. The van der Waals surface area contributed by atoms with Crippen molar-refractivity contribution < 1.29 is 9.53 Å². The summed E-state index contributed by atoms with van der Waals surface area (Å²) in [6.07, 6.45) is 2.26. The van der Waals surface area contributed by atoms with Crippen LogP contribution in [0.2, 0.25) is 10.0 Å². The molecule has 8 heteroatoms. The molecule has 1 fully saturated rings. The molecule has 4 rings (SSSR count). The van der Waals surface area contributed by atoms with Crippen LogP contribution in [0.3, 0.4) is 0 Å². The Morgan fingerprint density at radius 3 is 2.67 bits per heavy atom. The number of aryl methyl sites for hydroxylation is 1. The van der Waals surface area contributed by atoms with Gasteiger partial charge < -0.3 is 19.9 Å². The summed E-state index contributed by atoms with van der Waals surface area (Å²) in [6, 6.07) is 11.6. The minimum atomic E-state index is -0.144. The summed E-state index contributed by atoms with van der Waals surface area (Å²) in [7, 11) is 0. The molecule has 0 aliphatic carbocycles. The summed E-state index contributed by atoms with van der Waals surface area (Å²) >= 11 is 12.2. The van der Waals surface area contributed by atoms with Crippen molar-refractivity contribution in [3.8, 4) is 0 Å². The molecule has 2 aliphatic rings. The van der Waals surface area contributed by atoms with E-state index in [0.717, 1.165) is 57.9 Å². The van der Waals surface area contributed by atoms with Gasteiger partial charge in [0, 0.05) is 57.2 Å². The van der Waals surface area contributed by atoms with Gasteiger partial charge in [-0.2, -0.15) is 0 Å². The van der Waals surface area contributed by atoms with Crippen LogP contribution < -0.4 is 10.2 Å². The van der Waals surface area contributed by atoms with Crippen LogP contribution in [0.1, 0.15) is 24.5 Å². The Labute approximate surface area is 206 Å². The number of anilines is 2. The molecule has 0 bridgehead atoms. The third kappa shape index (κ3) is 6.33. The van der Waals surface area contributed by atoms with E-state index in [1.807, 2.05) is 4.90 Å². The zero-order valence-electron chi connectivity index (χ0n) is 19.2. The number of carbonyl (C=O) groups is 1. The van der Waals surface area contributed by atoms with Crippen LogP contribution in [-0.2, 0) is 17.7 Å². The second-order valence-electron chi connectivity index (χ2n) is 8.58. The lowest BCUT2D eigenvalue weighted by atomic mass is 9.99. The molecule has 1 saturated heterocycles. The standard InChI is InChI=1S/C25H32Cl2N4O2/c1-2-30-9-3-4-20-16-19(5-8-24(20)30)18-31(11-10-29-12-14-33-15-13-29)25(32)28-21-6-7-22(26)23(27)17-21/h5-8,16-17H,2-4,9-15,18H2,1H3,(H,28,32). The first-order valence-electron chi connectivity index (χ1n) is 11.7. The lowest BCUT2D eigenvalue weighted by molar-refractivity contribution is 0.0349. The van der Waals surface area contributed by atoms with Crippen LogP contribution in [0.15, 0.2) is 36.4 Å². The Balaban J connectivity index is 1.49. The average Bonchev–Trinajstić information content (AvgIpc) is 2.84. The van der Waals surface area contributed by atoms with Crippen molar-refractivity contribution >= 4 is 40.6 Å². The Bertz CT molecular complexity index is 965. The normalized spacial score (nSPS) is 16.4. The highest BCUT2D eigenvalue weighted by atomic mass is 35.5. The first kappa shape index (κ1) is 24.1. The molecular formula is C25H32Cl2N4O2. The first-order chi connectivity index (χ1) is 16.0. The van der Waals surface area contributed by atoms with Crippen molar-refractivity contribution in [1.82, 2.24) is 9.80 Å². The number of halogens is 2. The predicted molar refractivity (Wildman–Crippen MR) is 136 cm³/mol. The molecule has 6 nitrogen and oxygen atoms in total. The fourth-order valence-corrected chi connectivity index (χ4v) is 4.79. The van der Waals surface area contributed by atoms with Gasteiger partial charge in [0.1, 0.15) is 0 Å². The maximum Gasteiger partial charge on any atom is 0.322 e. The van der Waals surface area contributed by atoms with Crippen LogP contribution in [0.4, 0.5) is 16.2 Å². The number of carbonyl (C=O) groups excluding carboxylic acids is 1. The van der Waals surface area contributed by atoms with E-state index < -0.39 is 0 Å². The molecule has 0 aromatic heterocycles. The van der Waals surface area contributed by atoms with Gasteiger partial charge in [0.2, 0.25) is 0 Å². The van der Waals surface area contributed by atoms with Crippen LogP contribution in [0, 0.1) is 0 Å². The molecule has 2 aromatic carbocycles. The van der Waals surface area contributed by atoms with Gasteiger partial charge in [-0.3, -0.25) is 4.90 Å². The molecule has 1 N–H and O–H groups in total. The largest absolute Gasteiger partial charge is 0.379 e. The zero-order valence-corrected chi connectivity index (χ0v) is 20.7. The molecule has 2 aromatic rings. The number of hydrogen-bond donors (Lipinski definition) is 1. The first-order valence-corrected chi connectivity index (χ1v) is 12.5. The number of nitrogens with zero attached hydrogens (tertiary/aromatic N) is 3. The van der Waals surface area contributed by atoms with E-state index in [1.54, 1.807) is 18.2 Å². The van der Waals surface area contributed by atoms with Crippen LogP contribution in [-0.4, -0.2) is 68.3 Å². The number of hydrogen-bond acceptors (Lipinski definition) is 4. The molecule has 2 heterocycles. The topological polar surface area (TPSA) is 48.1 Å². The Morgan fingerprint density at radius 1 is 1.09 bits per heavy atom. The number of urea groups is 1. The second kappa shape index (κ2) is 11.4. The van der Waals surface area contributed by atoms with Crippen molar-refractivity contribution in [2.75, 3.05) is 62.7 Å². The maximum absolute atomic E-state index is 13.3. The van der Waals surface area contributed by atoms with Gasteiger partial charge in [0.15, 0.2) is 0 Å². The van der Waals surface area contributed by atoms with E-state index in [9.17, 15) is 4.79 Å². The van der Waals surface area contributed by atoms with E-state index in [4.69, 9.17) is 27.9 Å². The molecule has 0 saturated carbocycles. The SMILES string of the molecule is CCN1CCCc2cc(CN(CCN3CCOCC3)C(=O)Nc3ccc(Cl)c(Cl)c3)ccc21. The number of rotatable bonds is 7. The van der Waals surface area contributed by atoms with Gasteiger partial charge >= 0.3 is 6.03 Å². The molecule has 33 heavy (non-hydrogen) atoms. The van der Waals surface area contributed by atoms with Crippen molar-refractivity contribution in [3.05, 3.63) is 57.6 Å². The number of morpholine rings is 1. The highest BCUT2D eigenvalue weighted by molar-refractivity contribution is 6.42. The Morgan fingerprint density at radius 2 is 1.91 bits per heavy atom. The Hall–Kier alpha value is -1.99. The average molecular weight is 491 g/mol. The maximum atomic E-state index is 13.3. The monoisotopic (exact) mass is 490 g/mol. The van der Waals surface area contributed by atoms with Crippen LogP contribution in [0.5, 0.6) is 0 Å².